The van der Waals surface area contributed by atoms with Crippen molar-refractivity contribution in [3.63, 3.8) is 0 Å². The number of aromatic nitrogens is 1. The fourth-order valence-corrected chi connectivity index (χ4v) is 3.25. The van der Waals surface area contributed by atoms with Crippen LogP contribution in [0.1, 0.15) is 26.2 Å². The second kappa shape index (κ2) is 5.63. The van der Waals surface area contributed by atoms with Crippen LogP contribution < -0.4 is 10.5 Å². The smallest absolute Gasteiger partial charge is 0.242 e. The molecule has 5 nitrogen and oxygen atoms in total. The summed E-state index contributed by atoms with van der Waals surface area (Å²) < 4.78 is 27.0. The number of hydrogen-bond acceptors (Lipinski definition) is 3. The molecule has 104 valence electrons. The van der Waals surface area contributed by atoms with Crippen LogP contribution in [0.25, 0.3) is 10.9 Å². The quantitative estimate of drug-likeness (QED) is 0.560. The van der Waals surface area contributed by atoms with Crippen LogP contribution in [0, 0.1) is 0 Å². The number of unbranched alkanes of at least 4 members (excludes halogenated alkanes) is 2. The lowest BCUT2D eigenvalue weighted by Crippen LogP contribution is -2.24. The van der Waals surface area contributed by atoms with Crippen LogP contribution in [-0.2, 0) is 10.0 Å². The van der Waals surface area contributed by atoms with E-state index in [2.05, 4.69) is 16.6 Å². The van der Waals surface area contributed by atoms with Gasteiger partial charge in [-0.3, -0.25) is 0 Å². The number of nitrogen functional groups attached to an aromatic ring is 1. The minimum Gasteiger partial charge on any atom is -0.399 e. The van der Waals surface area contributed by atoms with Crippen molar-refractivity contribution in [2.75, 3.05) is 12.3 Å². The van der Waals surface area contributed by atoms with E-state index in [0.717, 1.165) is 24.8 Å². The molecule has 2 aromatic rings. The number of nitrogens with one attached hydrogen (secondary N) is 2. The van der Waals surface area contributed by atoms with Crippen LogP contribution in [0.5, 0.6) is 0 Å². The van der Waals surface area contributed by atoms with Crippen LogP contribution in [-0.4, -0.2) is 19.9 Å². The predicted molar refractivity (Wildman–Crippen MR) is 77.4 cm³/mol. The van der Waals surface area contributed by atoms with Gasteiger partial charge in [0.2, 0.25) is 10.0 Å². The van der Waals surface area contributed by atoms with E-state index in [-0.39, 0.29) is 4.90 Å². The van der Waals surface area contributed by atoms with Crippen molar-refractivity contribution in [3.8, 4) is 0 Å². The minimum atomic E-state index is -3.46. The largest absolute Gasteiger partial charge is 0.399 e. The zero-order valence-corrected chi connectivity index (χ0v) is 11.8. The standard InChI is InChI=1S/C13H19N3O2S/c1-2-3-4-7-16-19(17,18)13-9-15-12-8-10(14)5-6-11(12)13/h5-6,8-9,15-16H,2-4,7,14H2,1H3. The Morgan fingerprint density at radius 2 is 2.11 bits per heavy atom. The summed E-state index contributed by atoms with van der Waals surface area (Å²) in [4.78, 5) is 3.21. The number of fused-ring (bicyclic) bond motifs is 1. The second-order valence-electron chi connectivity index (χ2n) is 4.56. The molecule has 6 heteroatoms. The van der Waals surface area contributed by atoms with Gasteiger partial charge in [0.25, 0.3) is 0 Å². The molecule has 2 rings (SSSR count). The lowest BCUT2D eigenvalue weighted by molar-refractivity contribution is 0.577. The molecular weight excluding hydrogens is 262 g/mol. The third-order valence-electron chi connectivity index (χ3n) is 3.03. The maximum absolute atomic E-state index is 12.2. The molecule has 0 aliphatic heterocycles. The summed E-state index contributed by atoms with van der Waals surface area (Å²) in [5, 5.41) is 0.664. The zero-order valence-electron chi connectivity index (χ0n) is 10.9. The number of benzene rings is 1. The summed E-state index contributed by atoms with van der Waals surface area (Å²) in [7, 11) is -3.46. The van der Waals surface area contributed by atoms with Crippen LogP contribution in [0.3, 0.4) is 0 Å². The molecule has 0 aliphatic carbocycles. The molecule has 1 aromatic heterocycles. The summed E-state index contributed by atoms with van der Waals surface area (Å²) in [6.07, 6.45) is 4.44. The first kappa shape index (κ1) is 13.9. The highest BCUT2D eigenvalue weighted by atomic mass is 32.2. The summed E-state index contributed by atoms with van der Waals surface area (Å²) in [6.45, 7) is 2.55. The lowest BCUT2D eigenvalue weighted by atomic mass is 10.2. The van der Waals surface area contributed by atoms with Gasteiger partial charge in [-0.2, -0.15) is 0 Å². The molecule has 0 aliphatic rings. The van der Waals surface area contributed by atoms with Gasteiger partial charge in [-0.1, -0.05) is 19.8 Å². The third kappa shape index (κ3) is 3.08. The number of rotatable bonds is 6. The zero-order chi connectivity index (χ0) is 13.9. The molecule has 0 spiro atoms. The summed E-state index contributed by atoms with van der Waals surface area (Å²) >= 11 is 0. The van der Waals surface area contributed by atoms with Gasteiger partial charge in [0.05, 0.1) is 0 Å². The van der Waals surface area contributed by atoms with E-state index in [9.17, 15) is 8.42 Å². The van der Waals surface area contributed by atoms with Crippen molar-refractivity contribution in [2.45, 2.75) is 31.1 Å². The number of nitrogens with two attached hydrogens (primary N) is 1. The Balaban J connectivity index is 2.23. The van der Waals surface area contributed by atoms with Crippen molar-refractivity contribution in [2.24, 2.45) is 0 Å². The van der Waals surface area contributed by atoms with E-state index in [1.807, 2.05) is 0 Å². The van der Waals surface area contributed by atoms with Crippen LogP contribution >= 0.6 is 0 Å². The Labute approximate surface area is 113 Å². The summed E-state index contributed by atoms with van der Waals surface area (Å²) in [5.74, 6) is 0. The van der Waals surface area contributed by atoms with Gasteiger partial charge in [0.15, 0.2) is 0 Å². The van der Waals surface area contributed by atoms with E-state index in [1.54, 1.807) is 18.2 Å². The SMILES string of the molecule is CCCCCNS(=O)(=O)c1c[nH]c2cc(N)ccc12. The number of anilines is 1. The molecule has 0 saturated carbocycles. The van der Waals surface area contributed by atoms with Crippen LogP contribution in [0.4, 0.5) is 5.69 Å². The Bertz CT molecular complexity index is 662. The highest BCUT2D eigenvalue weighted by molar-refractivity contribution is 7.89. The molecule has 0 fully saturated rings. The van der Waals surface area contributed by atoms with Crippen molar-refractivity contribution in [3.05, 3.63) is 24.4 Å². The van der Waals surface area contributed by atoms with Gasteiger partial charge in [0.1, 0.15) is 4.90 Å². The molecule has 0 saturated heterocycles. The fraction of sp³-hybridized carbons (Fsp3) is 0.385. The van der Waals surface area contributed by atoms with Crippen molar-refractivity contribution >= 4 is 26.6 Å². The van der Waals surface area contributed by atoms with E-state index in [1.165, 1.54) is 6.20 Å². The average molecular weight is 281 g/mol. The second-order valence-corrected chi connectivity index (χ2v) is 6.30. The minimum absolute atomic E-state index is 0.277. The maximum atomic E-state index is 12.2. The van der Waals surface area contributed by atoms with Gasteiger partial charge >= 0.3 is 0 Å². The molecule has 0 bridgehead atoms. The third-order valence-corrected chi connectivity index (χ3v) is 4.53. The summed E-state index contributed by atoms with van der Waals surface area (Å²) in [5.41, 5.74) is 7.01. The van der Waals surface area contributed by atoms with E-state index in [4.69, 9.17) is 5.73 Å². The summed E-state index contributed by atoms with van der Waals surface area (Å²) in [6, 6.07) is 5.15. The maximum Gasteiger partial charge on any atom is 0.242 e. The fourth-order valence-electron chi connectivity index (χ4n) is 2.00. The highest BCUT2D eigenvalue weighted by Gasteiger charge is 2.18. The predicted octanol–water partition coefficient (Wildman–Crippen LogP) is 2.22. The lowest BCUT2D eigenvalue weighted by Gasteiger charge is -2.05. The van der Waals surface area contributed by atoms with Gasteiger partial charge in [0, 0.05) is 29.3 Å². The Hall–Kier alpha value is -1.53. The highest BCUT2D eigenvalue weighted by Crippen LogP contribution is 2.24. The van der Waals surface area contributed by atoms with Gasteiger partial charge in [-0.25, -0.2) is 13.1 Å². The molecule has 1 heterocycles. The molecular formula is C13H19N3O2S. The van der Waals surface area contributed by atoms with Crippen LogP contribution in [0.15, 0.2) is 29.3 Å². The monoisotopic (exact) mass is 281 g/mol. The topological polar surface area (TPSA) is 88.0 Å². The van der Waals surface area contributed by atoms with Crippen LogP contribution in [0.2, 0.25) is 0 Å². The number of sulfonamides is 1. The first-order valence-electron chi connectivity index (χ1n) is 6.41. The van der Waals surface area contributed by atoms with Gasteiger partial charge in [-0.05, 0) is 24.6 Å². The molecule has 0 radical (unpaired) electrons. The van der Waals surface area contributed by atoms with Gasteiger partial charge in [-0.15, -0.1) is 0 Å². The Morgan fingerprint density at radius 3 is 2.84 bits per heavy atom. The molecule has 4 N–H and O–H groups in total. The Kier molecular flexibility index (Phi) is 4.11. The number of aromatic amines is 1. The number of H-pyrrole nitrogens is 1. The molecule has 0 amide bonds. The average Bonchev–Trinajstić information content (AvgIpc) is 2.78. The molecule has 19 heavy (non-hydrogen) atoms. The Morgan fingerprint density at radius 1 is 1.32 bits per heavy atom. The normalized spacial score (nSPS) is 12.1. The molecule has 0 unspecified atom stereocenters. The van der Waals surface area contributed by atoms with Crippen molar-refractivity contribution in [1.82, 2.24) is 9.71 Å². The first-order valence-corrected chi connectivity index (χ1v) is 7.89. The molecule has 1 aromatic carbocycles. The van der Waals surface area contributed by atoms with E-state index in [0.29, 0.717) is 17.6 Å². The van der Waals surface area contributed by atoms with E-state index >= 15 is 0 Å². The van der Waals surface area contributed by atoms with E-state index < -0.39 is 10.0 Å². The van der Waals surface area contributed by atoms with Crippen molar-refractivity contribution in [1.29, 1.82) is 0 Å². The first-order chi connectivity index (χ1) is 9.04. The van der Waals surface area contributed by atoms with Crippen molar-refractivity contribution < 1.29 is 8.42 Å². The van der Waals surface area contributed by atoms with Gasteiger partial charge < -0.3 is 10.7 Å². The number of hydrogen-bond donors (Lipinski definition) is 3. The molecule has 0 atom stereocenters.